The molecule has 0 saturated heterocycles. The lowest BCUT2D eigenvalue weighted by molar-refractivity contribution is -0.159. The fraction of sp³-hybridized carbons (Fsp3) is 0.300. The molecule has 0 radical (unpaired) electrons. The van der Waals surface area contributed by atoms with Crippen molar-refractivity contribution in [3.8, 4) is 0 Å². The molecule has 160 valence electrons. The summed E-state index contributed by atoms with van der Waals surface area (Å²) in [5.41, 5.74) is 1.77. The van der Waals surface area contributed by atoms with Crippen LogP contribution >= 0.6 is 35.1 Å². The molecule has 30 heavy (non-hydrogen) atoms. The fourth-order valence-electron chi connectivity index (χ4n) is 3.18. The van der Waals surface area contributed by atoms with Crippen LogP contribution in [0.3, 0.4) is 0 Å². The Morgan fingerprint density at radius 3 is 2.47 bits per heavy atom. The van der Waals surface area contributed by atoms with Gasteiger partial charge in [-0.2, -0.15) is 13.2 Å². The minimum atomic E-state index is -4.59. The van der Waals surface area contributed by atoms with E-state index in [0.29, 0.717) is 28.6 Å². The molecular formula is C20H17Cl2F3N2O2S. The fourth-order valence-corrected chi connectivity index (χ4v) is 4.67. The van der Waals surface area contributed by atoms with E-state index in [1.165, 1.54) is 25.3 Å². The molecule has 2 aromatic rings. The lowest BCUT2D eigenvalue weighted by atomic mass is 9.89. The van der Waals surface area contributed by atoms with Gasteiger partial charge in [0.05, 0.1) is 5.71 Å². The smallest absolute Gasteiger partial charge is 0.364 e. The van der Waals surface area contributed by atoms with E-state index in [4.69, 9.17) is 27.9 Å². The molecule has 1 amide bonds. The highest BCUT2D eigenvalue weighted by Gasteiger charge is 2.60. The molecule has 0 aromatic heterocycles. The second-order valence-corrected chi connectivity index (χ2v) is 8.69. The molecule has 0 fully saturated rings. The first kappa shape index (κ1) is 22.9. The lowest BCUT2D eigenvalue weighted by Gasteiger charge is -2.30. The summed E-state index contributed by atoms with van der Waals surface area (Å²) in [4.78, 5) is 12.1. The van der Waals surface area contributed by atoms with Crippen LogP contribution < -0.4 is 5.32 Å². The highest BCUT2D eigenvalue weighted by molar-refractivity contribution is 7.99. The first-order valence-corrected chi connectivity index (χ1v) is 10.3. The van der Waals surface area contributed by atoms with Gasteiger partial charge in [0.25, 0.3) is 5.91 Å². The molecule has 0 saturated carbocycles. The Bertz CT molecular complexity index is 994. The molecule has 1 heterocycles. The van der Waals surface area contributed by atoms with Gasteiger partial charge in [-0.3, -0.25) is 4.79 Å². The SMILES string of the molecule is COCNC(=O)c1ccc(C2=NSC(c3cc(Cl)cc(Cl)c3)(C(F)(F)F)C2)cc1C. The summed E-state index contributed by atoms with van der Waals surface area (Å²) in [5.74, 6) is -0.332. The molecule has 1 aliphatic heterocycles. The molecule has 3 rings (SSSR count). The van der Waals surface area contributed by atoms with E-state index in [0.717, 1.165) is 0 Å². The van der Waals surface area contributed by atoms with Crippen LogP contribution in [0.15, 0.2) is 40.8 Å². The zero-order chi connectivity index (χ0) is 22.1. The second-order valence-electron chi connectivity index (χ2n) is 6.76. The summed E-state index contributed by atoms with van der Waals surface area (Å²) in [7, 11) is 1.45. The number of aryl methyl sites for hydroxylation is 1. The minimum Gasteiger partial charge on any atom is -0.364 e. The Kier molecular flexibility index (Phi) is 6.72. The summed E-state index contributed by atoms with van der Waals surface area (Å²) in [6.07, 6.45) is -4.97. The Balaban J connectivity index is 1.93. The van der Waals surface area contributed by atoms with Gasteiger partial charge in [0.1, 0.15) is 6.73 Å². The van der Waals surface area contributed by atoms with E-state index in [1.807, 2.05) is 0 Å². The van der Waals surface area contributed by atoms with E-state index in [9.17, 15) is 18.0 Å². The topological polar surface area (TPSA) is 50.7 Å². The molecule has 1 aliphatic rings. The van der Waals surface area contributed by atoms with Crippen molar-refractivity contribution < 1.29 is 22.7 Å². The van der Waals surface area contributed by atoms with Crippen molar-refractivity contribution in [2.75, 3.05) is 13.8 Å². The number of rotatable bonds is 5. The van der Waals surface area contributed by atoms with Gasteiger partial charge >= 0.3 is 6.18 Å². The number of benzene rings is 2. The van der Waals surface area contributed by atoms with Gasteiger partial charge in [-0.05, 0) is 65.9 Å². The molecule has 0 spiro atoms. The summed E-state index contributed by atoms with van der Waals surface area (Å²) < 4.78 is 49.2. The monoisotopic (exact) mass is 476 g/mol. The van der Waals surface area contributed by atoms with Crippen molar-refractivity contribution in [2.24, 2.45) is 4.40 Å². The van der Waals surface area contributed by atoms with Gasteiger partial charge in [0.2, 0.25) is 0 Å². The third-order valence-electron chi connectivity index (χ3n) is 4.70. The van der Waals surface area contributed by atoms with Gasteiger partial charge in [-0.25, -0.2) is 4.40 Å². The van der Waals surface area contributed by atoms with Crippen LogP contribution in [0.25, 0.3) is 0 Å². The quantitative estimate of drug-likeness (QED) is 0.429. The second kappa shape index (κ2) is 8.78. The Hall–Kier alpha value is -1.74. The summed E-state index contributed by atoms with van der Waals surface area (Å²) in [5, 5.41) is 2.82. The third kappa shape index (κ3) is 4.46. The van der Waals surface area contributed by atoms with E-state index >= 15 is 0 Å². The molecule has 0 bridgehead atoms. The number of hydrogen-bond acceptors (Lipinski definition) is 4. The zero-order valence-corrected chi connectivity index (χ0v) is 18.3. The molecule has 2 aromatic carbocycles. The minimum absolute atomic E-state index is 0.0523. The maximum atomic E-state index is 14.2. The summed E-state index contributed by atoms with van der Waals surface area (Å²) >= 11 is 12.4. The number of methoxy groups -OCH3 is 1. The van der Waals surface area contributed by atoms with Crippen LogP contribution in [-0.4, -0.2) is 31.6 Å². The van der Waals surface area contributed by atoms with Crippen molar-refractivity contribution in [2.45, 2.75) is 24.3 Å². The number of ether oxygens (including phenoxy) is 1. The average Bonchev–Trinajstić information content (AvgIpc) is 3.12. The Morgan fingerprint density at radius 1 is 1.23 bits per heavy atom. The van der Waals surface area contributed by atoms with Gasteiger partial charge in [-0.1, -0.05) is 29.3 Å². The van der Waals surface area contributed by atoms with Crippen LogP contribution in [0.5, 0.6) is 0 Å². The number of halogens is 5. The predicted octanol–water partition coefficient (Wildman–Crippen LogP) is 5.93. The number of nitrogens with one attached hydrogen (secondary N) is 1. The molecule has 10 heteroatoms. The van der Waals surface area contributed by atoms with E-state index in [-0.39, 0.29) is 40.4 Å². The molecule has 0 aliphatic carbocycles. The molecule has 4 nitrogen and oxygen atoms in total. The molecular weight excluding hydrogens is 460 g/mol. The van der Waals surface area contributed by atoms with Crippen molar-refractivity contribution in [3.63, 3.8) is 0 Å². The standard InChI is InChI=1S/C20H17Cl2F3N2O2S/c1-11-5-12(3-4-16(11)18(28)26-10-29-2)17-9-19(30-27-17,20(23,24)25)13-6-14(21)8-15(22)7-13/h3-8H,9-10H2,1-2H3,(H,26,28). The number of carbonyl (C=O) groups is 1. The highest BCUT2D eigenvalue weighted by atomic mass is 35.5. The number of alkyl halides is 3. The maximum absolute atomic E-state index is 14.2. The lowest BCUT2D eigenvalue weighted by Crippen LogP contribution is -2.38. The predicted molar refractivity (Wildman–Crippen MR) is 113 cm³/mol. The van der Waals surface area contributed by atoms with Crippen LogP contribution in [-0.2, 0) is 9.48 Å². The molecule has 1 atom stereocenters. The molecule has 1 unspecified atom stereocenters. The van der Waals surface area contributed by atoms with Crippen LogP contribution in [0.1, 0.15) is 33.5 Å². The van der Waals surface area contributed by atoms with Gasteiger partial charge in [0, 0.05) is 29.1 Å². The average molecular weight is 477 g/mol. The third-order valence-corrected chi connectivity index (χ3v) is 6.37. The molecule has 1 N–H and O–H groups in total. The Morgan fingerprint density at radius 2 is 1.90 bits per heavy atom. The van der Waals surface area contributed by atoms with Gasteiger partial charge in [0.15, 0.2) is 4.75 Å². The number of hydrogen-bond donors (Lipinski definition) is 1. The van der Waals surface area contributed by atoms with E-state index in [2.05, 4.69) is 9.71 Å². The van der Waals surface area contributed by atoms with Gasteiger partial charge in [-0.15, -0.1) is 0 Å². The van der Waals surface area contributed by atoms with Gasteiger partial charge < -0.3 is 10.1 Å². The number of nitrogens with zero attached hydrogens (tertiary/aromatic N) is 1. The first-order valence-electron chi connectivity index (χ1n) is 8.74. The largest absolute Gasteiger partial charge is 0.409 e. The van der Waals surface area contributed by atoms with Crippen molar-refractivity contribution in [1.29, 1.82) is 0 Å². The number of carbonyl (C=O) groups excluding carboxylic acids is 1. The maximum Gasteiger partial charge on any atom is 0.409 e. The number of amides is 1. The van der Waals surface area contributed by atoms with Crippen molar-refractivity contribution >= 4 is 46.8 Å². The van der Waals surface area contributed by atoms with Crippen molar-refractivity contribution in [3.05, 3.63) is 68.7 Å². The van der Waals surface area contributed by atoms with E-state index in [1.54, 1.807) is 25.1 Å². The Labute approximate surface area is 185 Å². The summed E-state index contributed by atoms with van der Waals surface area (Å²) in [6.45, 7) is 1.77. The first-order chi connectivity index (χ1) is 14.1. The highest BCUT2D eigenvalue weighted by Crippen LogP contribution is 2.57. The van der Waals surface area contributed by atoms with Crippen LogP contribution in [0, 0.1) is 6.92 Å². The zero-order valence-electron chi connectivity index (χ0n) is 15.9. The van der Waals surface area contributed by atoms with Crippen molar-refractivity contribution in [1.82, 2.24) is 5.32 Å². The normalized spacial score (nSPS) is 19.0. The van der Waals surface area contributed by atoms with Crippen LogP contribution in [0.2, 0.25) is 10.0 Å². The van der Waals surface area contributed by atoms with Crippen LogP contribution in [0.4, 0.5) is 13.2 Å². The summed E-state index contributed by atoms with van der Waals surface area (Å²) in [6, 6.07) is 8.72. The van der Waals surface area contributed by atoms with E-state index < -0.39 is 10.9 Å².